The summed E-state index contributed by atoms with van der Waals surface area (Å²) in [6.45, 7) is 10.2. The molecule has 1 aromatic heterocycles. The normalized spacial score (nSPS) is 9.45. The Morgan fingerprint density at radius 2 is 1.73 bits per heavy atom. The molecule has 120 valence electrons. The van der Waals surface area contributed by atoms with Crippen molar-refractivity contribution in [2.75, 3.05) is 24.9 Å². The molecule has 1 heterocycles. The molecule has 0 atom stereocenters. The molecule has 5 nitrogen and oxygen atoms in total. The molecule has 0 radical (unpaired) electrons. The first-order valence-electron chi connectivity index (χ1n) is 6.43. The van der Waals surface area contributed by atoms with Gasteiger partial charge in [0.1, 0.15) is 13.5 Å². The van der Waals surface area contributed by atoms with Gasteiger partial charge >= 0.3 is 0 Å². The lowest BCUT2D eigenvalue weighted by Gasteiger charge is -2.08. The third kappa shape index (κ3) is 7.86. The molecule has 0 aliphatic carbocycles. The summed E-state index contributed by atoms with van der Waals surface area (Å²) >= 11 is 3.53. The Hall–Kier alpha value is -1.78. The van der Waals surface area contributed by atoms with Crippen LogP contribution in [-0.2, 0) is 4.57 Å². The number of aromatic nitrogens is 3. The number of hydrogen-bond donors (Lipinski definition) is 3. The number of nitrogens with one attached hydrogen (secondary N) is 2. The van der Waals surface area contributed by atoms with Gasteiger partial charge in [0.05, 0.1) is 0 Å². The predicted octanol–water partition coefficient (Wildman–Crippen LogP) is 3.70. The second-order valence-electron chi connectivity index (χ2n) is 4.33. The molecule has 7 heteroatoms. The van der Waals surface area contributed by atoms with Crippen LogP contribution in [0.2, 0.25) is 0 Å². The summed E-state index contributed by atoms with van der Waals surface area (Å²) in [6.07, 6.45) is 6.41. The highest BCUT2D eigenvalue weighted by Crippen LogP contribution is 2.34. The summed E-state index contributed by atoms with van der Waals surface area (Å²) in [5, 5.41) is 10.4. The van der Waals surface area contributed by atoms with Crippen LogP contribution in [0.5, 0.6) is 0 Å². The molecule has 2 aromatic rings. The fraction of sp³-hybridized carbons (Fsp3) is 0.200. The van der Waals surface area contributed by atoms with Crippen LogP contribution < -0.4 is 10.6 Å². The van der Waals surface area contributed by atoms with E-state index in [1.54, 1.807) is 31.7 Å². The average molecular weight is 338 g/mol. The highest BCUT2D eigenvalue weighted by atomic mass is 32.1. The number of aromatic amines is 1. The number of benzene rings is 1. The van der Waals surface area contributed by atoms with E-state index in [9.17, 15) is 4.57 Å². The topological polar surface area (TPSA) is 70.7 Å². The zero-order chi connectivity index (χ0) is 17.0. The molecule has 0 bridgehead atoms. The van der Waals surface area contributed by atoms with Crippen molar-refractivity contribution in [1.82, 2.24) is 15.2 Å². The fourth-order valence-electron chi connectivity index (χ4n) is 1.31. The van der Waals surface area contributed by atoms with Crippen LogP contribution in [-0.4, -0.2) is 34.8 Å². The minimum absolute atomic E-state index is 0.587. The van der Waals surface area contributed by atoms with Gasteiger partial charge in [0.2, 0.25) is 5.95 Å². The van der Waals surface area contributed by atoms with E-state index in [-0.39, 0.29) is 0 Å². The first-order chi connectivity index (χ1) is 10.5. The highest BCUT2D eigenvalue weighted by Gasteiger charge is 2.10. The SMILES string of the molecule is C=CC=C.CP(C)(=O)c1ccc(Nc2ncn[nH]2)cc1.CS. The summed E-state index contributed by atoms with van der Waals surface area (Å²) in [5.41, 5.74) is 0.883. The Morgan fingerprint density at radius 3 is 2.09 bits per heavy atom. The number of thiol groups is 1. The van der Waals surface area contributed by atoms with Gasteiger partial charge in [-0.3, -0.25) is 0 Å². The van der Waals surface area contributed by atoms with Crippen LogP contribution in [0.15, 0.2) is 55.9 Å². The van der Waals surface area contributed by atoms with Crippen molar-refractivity contribution in [3.63, 3.8) is 0 Å². The second kappa shape index (κ2) is 10.9. The van der Waals surface area contributed by atoms with E-state index < -0.39 is 7.14 Å². The van der Waals surface area contributed by atoms with Gasteiger partial charge < -0.3 is 9.88 Å². The molecule has 2 rings (SSSR count). The van der Waals surface area contributed by atoms with E-state index >= 15 is 0 Å². The highest BCUT2D eigenvalue weighted by molar-refractivity contribution is 7.79. The summed E-state index contributed by atoms with van der Waals surface area (Å²) in [4.78, 5) is 3.95. The monoisotopic (exact) mass is 338 g/mol. The van der Waals surface area contributed by atoms with Crippen molar-refractivity contribution >= 4 is 36.7 Å². The summed E-state index contributed by atoms with van der Waals surface area (Å²) in [7, 11) is -2.17. The Bertz CT molecular complexity index is 585. The molecule has 0 aliphatic heterocycles. The Morgan fingerprint density at radius 1 is 1.18 bits per heavy atom. The van der Waals surface area contributed by atoms with E-state index in [4.69, 9.17) is 0 Å². The van der Waals surface area contributed by atoms with Crippen LogP contribution in [0.4, 0.5) is 11.6 Å². The third-order valence-electron chi connectivity index (χ3n) is 2.33. The molecular weight excluding hydrogens is 315 g/mol. The van der Waals surface area contributed by atoms with Gasteiger partial charge in [-0.15, -0.1) is 0 Å². The Balaban J connectivity index is 0.000000640. The number of rotatable bonds is 4. The van der Waals surface area contributed by atoms with Crippen LogP contribution >= 0.6 is 19.8 Å². The Labute approximate surface area is 137 Å². The molecule has 2 N–H and O–H groups in total. The van der Waals surface area contributed by atoms with Crippen molar-refractivity contribution < 1.29 is 4.57 Å². The van der Waals surface area contributed by atoms with Gasteiger partial charge in [0, 0.05) is 11.0 Å². The van der Waals surface area contributed by atoms with E-state index in [1.807, 2.05) is 24.3 Å². The van der Waals surface area contributed by atoms with Crippen LogP contribution in [0, 0.1) is 0 Å². The maximum absolute atomic E-state index is 11.8. The van der Waals surface area contributed by atoms with E-state index in [1.165, 1.54) is 6.33 Å². The summed E-state index contributed by atoms with van der Waals surface area (Å²) < 4.78 is 11.8. The number of anilines is 2. The van der Waals surface area contributed by atoms with Crippen LogP contribution in [0.3, 0.4) is 0 Å². The van der Waals surface area contributed by atoms with Gasteiger partial charge in [-0.05, 0) is 43.9 Å². The first kappa shape index (κ1) is 20.2. The van der Waals surface area contributed by atoms with Crippen LogP contribution in [0.25, 0.3) is 0 Å². The molecular formula is C15H23N4OPS. The van der Waals surface area contributed by atoms with Gasteiger partial charge in [-0.25, -0.2) is 5.10 Å². The van der Waals surface area contributed by atoms with Crippen molar-refractivity contribution in [1.29, 1.82) is 0 Å². The maximum atomic E-state index is 11.8. The minimum Gasteiger partial charge on any atom is -0.325 e. The fourth-order valence-corrected chi connectivity index (χ4v) is 2.17. The smallest absolute Gasteiger partial charge is 0.222 e. The maximum Gasteiger partial charge on any atom is 0.222 e. The molecule has 1 aromatic carbocycles. The molecule has 0 unspecified atom stereocenters. The van der Waals surface area contributed by atoms with Gasteiger partial charge in [0.25, 0.3) is 0 Å². The van der Waals surface area contributed by atoms with Gasteiger partial charge in [-0.1, -0.05) is 25.3 Å². The third-order valence-corrected chi connectivity index (χ3v) is 3.88. The van der Waals surface area contributed by atoms with E-state index in [0.29, 0.717) is 5.95 Å². The second-order valence-corrected chi connectivity index (χ2v) is 7.55. The van der Waals surface area contributed by atoms with E-state index in [2.05, 4.69) is 46.3 Å². The lowest BCUT2D eigenvalue weighted by Crippen LogP contribution is -2.02. The predicted molar refractivity (Wildman–Crippen MR) is 100 cm³/mol. The number of hydrogen-bond acceptors (Lipinski definition) is 5. The van der Waals surface area contributed by atoms with Crippen molar-refractivity contribution in [2.45, 2.75) is 0 Å². The number of H-pyrrole nitrogens is 1. The van der Waals surface area contributed by atoms with Gasteiger partial charge in [0.15, 0.2) is 0 Å². The van der Waals surface area contributed by atoms with Crippen molar-refractivity contribution in [3.05, 3.63) is 55.9 Å². The molecule has 0 aliphatic rings. The lowest BCUT2D eigenvalue weighted by molar-refractivity contribution is 0.588. The standard InChI is InChI=1S/C10H13N4OP.C4H6.CH4S/c1-16(2,15)9-5-3-8(4-6-9)13-10-11-7-12-14-10;1-3-4-2;1-2/h3-7H,1-2H3,(H2,11,12,13,14);3-4H,1-2H2;2H,1H3. The number of allylic oxidation sites excluding steroid dienone is 2. The first-order valence-corrected chi connectivity index (χ1v) is 9.93. The summed E-state index contributed by atoms with van der Waals surface area (Å²) in [5.74, 6) is 0.587. The molecule has 0 amide bonds. The molecule has 0 fully saturated rings. The quantitative estimate of drug-likeness (QED) is 0.452. The largest absolute Gasteiger partial charge is 0.325 e. The summed E-state index contributed by atoms with van der Waals surface area (Å²) in [6, 6.07) is 7.47. The Kier molecular flexibility index (Phi) is 10.00. The lowest BCUT2D eigenvalue weighted by atomic mass is 10.3. The average Bonchev–Trinajstić information content (AvgIpc) is 3.02. The van der Waals surface area contributed by atoms with Crippen molar-refractivity contribution in [3.8, 4) is 0 Å². The molecule has 0 saturated heterocycles. The van der Waals surface area contributed by atoms with E-state index in [0.717, 1.165) is 11.0 Å². The zero-order valence-electron chi connectivity index (χ0n) is 13.2. The number of nitrogens with zero attached hydrogens (tertiary/aromatic N) is 2. The molecule has 22 heavy (non-hydrogen) atoms. The molecule has 0 spiro atoms. The van der Waals surface area contributed by atoms with Crippen LogP contribution in [0.1, 0.15) is 0 Å². The van der Waals surface area contributed by atoms with Crippen molar-refractivity contribution in [2.24, 2.45) is 0 Å². The minimum atomic E-state index is -2.17. The zero-order valence-corrected chi connectivity index (χ0v) is 14.9. The van der Waals surface area contributed by atoms with Gasteiger partial charge in [-0.2, -0.15) is 22.7 Å². The molecule has 0 saturated carbocycles.